The SMILES string of the molecule is CC1Cc2cc(/C(O)=C3\C(=O)C(=O)N(CCCN4CCOCC4)C3c3cccc([N+](=O)[O-])c3)ccc2O1. The number of hydrogen-bond acceptors (Lipinski definition) is 8. The highest BCUT2D eigenvalue weighted by atomic mass is 16.6. The number of rotatable bonds is 7. The summed E-state index contributed by atoms with van der Waals surface area (Å²) >= 11 is 0. The summed E-state index contributed by atoms with van der Waals surface area (Å²) in [6.45, 7) is 5.84. The van der Waals surface area contributed by atoms with Crippen LogP contribution < -0.4 is 4.74 Å². The summed E-state index contributed by atoms with van der Waals surface area (Å²) in [5.74, 6) is -1.10. The van der Waals surface area contributed by atoms with Crippen molar-refractivity contribution in [3.63, 3.8) is 0 Å². The molecular weight excluding hydrogens is 478 g/mol. The quantitative estimate of drug-likeness (QED) is 0.200. The Hall–Kier alpha value is -3.76. The molecule has 37 heavy (non-hydrogen) atoms. The lowest BCUT2D eigenvalue weighted by molar-refractivity contribution is -0.384. The van der Waals surface area contributed by atoms with E-state index in [4.69, 9.17) is 9.47 Å². The van der Waals surface area contributed by atoms with Crippen LogP contribution >= 0.6 is 0 Å². The van der Waals surface area contributed by atoms with Crippen molar-refractivity contribution < 1.29 is 29.1 Å². The third-order valence-corrected chi connectivity index (χ3v) is 7.08. The molecule has 0 aromatic heterocycles. The molecule has 0 bridgehead atoms. The second-order valence-electron chi connectivity index (χ2n) is 9.61. The van der Waals surface area contributed by atoms with Crippen LogP contribution in [0.1, 0.15) is 36.1 Å². The molecule has 5 rings (SSSR count). The van der Waals surface area contributed by atoms with E-state index in [1.165, 1.54) is 23.1 Å². The van der Waals surface area contributed by atoms with Crippen molar-refractivity contribution in [2.75, 3.05) is 39.4 Å². The van der Waals surface area contributed by atoms with Gasteiger partial charge in [0.1, 0.15) is 17.6 Å². The minimum Gasteiger partial charge on any atom is -0.507 e. The van der Waals surface area contributed by atoms with Gasteiger partial charge in [-0.2, -0.15) is 0 Å². The van der Waals surface area contributed by atoms with E-state index in [1.54, 1.807) is 24.3 Å². The molecule has 2 fully saturated rings. The van der Waals surface area contributed by atoms with Gasteiger partial charge in [0, 0.05) is 50.3 Å². The van der Waals surface area contributed by atoms with Crippen LogP contribution in [0.2, 0.25) is 0 Å². The molecule has 0 saturated carbocycles. The number of carbonyl (C=O) groups excluding carboxylic acids is 2. The number of ketones is 1. The number of Topliss-reactive ketones (excluding diaryl/α,β-unsaturated/α-hetero) is 1. The molecule has 0 radical (unpaired) electrons. The maximum atomic E-state index is 13.3. The number of fused-ring (bicyclic) bond motifs is 1. The van der Waals surface area contributed by atoms with Gasteiger partial charge < -0.3 is 19.5 Å². The van der Waals surface area contributed by atoms with E-state index in [9.17, 15) is 24.8 Å². The van der Waals surface area contributed by atoms with Gasteiger partial charge in [-0.15, -0.1) is 0 Å². The van der Waals surface area contributed by atoms with E-state index in [2.05, 4.69) is 4.90 Å². The molecule has 0 aliphatic carbocycles. The van der Waals surface area contributed by atoms with Gasteiger partial charge >= 0.3 is 0 Å². The second-order valence-corrected chi connectivity index (χ2v) is 9.61. The molecular formula is C27H29N3O7. The van der Waals surface area contributed by atoms with Crippen LogP contribution in [-0.2, 0) is 20.7 Å². The number of benzene rings is 2. The molecule has 2 unspecified atom stereocenters. The van der Waals surface area contributed by atoms with Gasteiger partial charge in [0.05, 0.1) is 29.8 Å². The number of carbonyl (C=O) groups is 2. The minimum absolute atomic E-state index is 0.00862. The lowest BCUT2D eigenvalue weighted by Gasteiger charge is -2.29. The second kappa shape index (κ2) is 10.3. The number of aliphatic hydroxyl groups is 1. The number of nitrogens with zero attached hydrogens (tertiary/aromatic N) is 3. The fourth-order valence-corrected chi connectivity index (χ4v) is 5.28. The van der Waals surface area contributed by atoms with Gasteiger partial charge in [-0.3, -0.25) is 24.6 Å². The molecule has 2 aromatic rings. The minimum atomic E-state index is -0.937. The van der Waals surface area contributed by atoms with Crippen molar-refractivity contribution in [1.82, 2.24) is 9.80 Å². The van der Waals surface area contributed by atoms with Gasteiger partial charge in [0.15, 0.2) is 0 Å². The highest BCUT2D eigenvalue weighted by Crippen LogP contribution is 2.41. The maximum Gasteiger partial charge on any atom is 0.295 e. The predicted molar refractivity (Wildman–Crippen MR) is 134 cm³/mol. The zero-order valence-electron chi connectivity index (χ0n) is 20.6. The average Bonchev–Trinajstić information content (AvgIpc) is 3.40. The number of morpholine rings is 1. The van der Waals surface area contributed by atoms with E-state index in [0.29, 0.717) is 37.2 Å². The number of hydrogen-bond donors (Lipinski definition) is 1. The number of amides is 1. The van der Waals surface area contributed by atoms with Gasteiger partial charge in [-0.05, 0) is 42.7 Å². The largest absolute Gasteiger partial charge is 0.507 e. The Morgan fingerprint density at radius 2 is 1.92 bits per heavy atom. The summed E-state index contributed by atoms with van der Waals surface area (Å²) < 4.78 is 11.1. The van der Waals surface area contributed by atoms with Crippen LogP contribution in [0, 0.1) is 10.1 Å². The number of likely N-dealkylation sites (tertiary alicyclic amines) is 1. The number of nitro groups is 1. The maximum absolute atomic E-state index is 13.3. The lowest BCUT2D eigenvalue weighted by Crippen LogP contribution is -2.39. The molecule has 1 amide bonds. The molecule has 194 valence electrons. The van der Waals surface area contributed by atoms with E-state index >= 15 is 0 Å². The van der Waals surface area contributed by atoms with Crippen LogP contribution in [0.5, 0.6) is 5.75 Å². The van der Waals surface area contributed by atoms with E-state index in [0.717, 1.165) is 30.9 Å². The summed E-state index contributed by atoms with van der Waals surface area (Å²) in [7, 11) is 0. The van der Waals surface area contributed by atoms with E-state index in [1.807, 2.05) is 6.92 Å². The first-order valence-electron chi connectivity index (χ1n) is 12.5. The monoisotopic (exact) mass is 507 g/mol. The molecule has 2 aromatic carbocycles. The van der Waals surface area contributed by atoms with Crippen molar-refractivity contribution in [1.29, 1.82) is 0 Å². The number of nitro benzene ring substituents is 1. The Bertz CT molecular complexity index is 1270. The summed E-state index contributed by atoms with van der Waals surface area (Å²) in [5.41, 5.74) is 1.49. The fourth-order valence-electron chi connectivity index (χ4n) is 5.28. The topological polar surface area (TPSA) is 122 Å². The molecule has 3 aliphatic heterocycles. The van der Waals surface area contributed by atoms with Gasteiger partial charge in [0.2, 0.25) is 0 Å². The van der Waals surface area contributed by atoms with Crippen molar-refractivity contribution >= 4 is 23.1 Å². The molecule has 2 saturated heterocycles. The van der Waals surface area contributed by atoms with Crippen molar-refractivity contribution in [3.8, 4) is 5.75 Å². The first-order valence-corrected chi connectivity index (χ1v) is 12.5. The standard InChI is InChI=1S/C27H29N3O7/c1-17-14-20-15-19(6-7-22(20)37-17)25(31)23-24(18-4-2-5-21(16-18)30(34)35)29(27(33)26(23)32)9-3-8-28-10-12-36-13-11-28/h2,4-7,15-17,24,31H,3,8-14H2,1H3/b25-23+. The van der Waals surface area contributed by atoms with Gasteiger partial charge in [-0.1, -0.05) is 12.1 Å². The van der Waals surface area contributed by atoms with E-state index < -0.39 is 22.7 Å². The van der Waals surface area contributed by atoms with Crippen LogP contribution in [0.25, 0.3) is 5.76 Å². The third kappa shape index (κ3) is 4.94. The Morgan fingerprint density at radius 1 is 1.14 bits per heavy atom. The van der Waals surface area contributed by atoms with E-state index in [-0.39, 0.29) is 29.7 Å². The molecule has 2 atom stereocenters. The Labute approximate surface area is 214 Å². The molecule has 10 nitrogen and oxygen atoms in total. The van der Waals surface area contributed by atoms with Crippen molar-refractivity contribution in [2.24, 2.45) is 0 Å². The summed E-state index contributed by atoms with van der Waals surface area (Å²) in [6.07, 6.45) is 1.28. The molecule has 10 heteroatoms. The summed E-state index contributed by atoms with van der Waals surface area (Å²) in [4.78, 5) is 41.1. The highest BCUT2D eigenvalue weighted by molar-refractivity contribution is 6.46. The Morgan fingerprint density at radius 3 is 2.68 bits per heavy atom. The summed E-state index contributed by atoms with van der Waals surface area (Å²) in [6, 6.07) is 10.1. The Balaban J connectivity index is 1.51. The van der Waals surface area contributed by atoms with Gasteiger partial charge in [0.25, 0.3) is 17.4 Å². The molecule has 1 N–H and O–H groups in total. The average molecular weight is 508 g/mol. The van der Waals surface area contributed by atoms with Crippen LogP contribution in [0.4, 0.5) is 5.69 Å². The van der Waals surface area contributed by atoms with Crippen molar-refractivity contribution in [2.45, 2.75) is 31.9 Å². The first-order chi connectivity index (χ1) is 17.8. The molecule has 0 spiro atoms. The summed E-state index contributed by atoms with van der Waals surface area (Å²) in [5, 5.41) is 22.8. The zero-order valence-corrected chi connectivity index (χ0v) is 20.6. The van der Waals surface area contributed by atoms with Gasteiger partial charge in [-0.25, -0.2) is 0 Å². The predicted octanol–water partition coefficient (Wildman–Crippen LogP) is 3.06. The van der Waals surface area contributed by atoms with Crippen LogP contribution in [-0.4, -0.2) is 77.0 Å². The fraction of sp³-hybridized carbons (Fsp3) is 0.407. The Kier molecular flexibility index (Phi) is 6.94. The van der Waals surface area contributed by atoms with Crippen LogP contribution in [0.15, 0.2) is 48.0 Å². The zero-order chi connectivity index (χ0) is 26.1. The molecule has 3 aliphatic rings. The van der Waals surface area contributed by atoms with Crippen molar-refractivity contribution in [3.05, 3.63) is 74.8 Å². The smallest absolute Gasteiger partial charge is 0.295 e. The first kappa shape index (κ1) is 24.9. The third-order valence-electron chi connectivity index (χ3n) is 7.08. The lowest BCUT2D eigenvalue weighted by atomic mass is 9.94. The number of aliphatic hydroxyl groups excluding tert-OH is 1. The van der Waals surface area contributed by atoms with Crippen LogP contribution in [0.3, 0.4) is 0 Å². The number of non-ortho nitro benzene ring substituents is 1. The number of ether oxygens (including phenoxy) is 2. The highest BCUT2D eigenvalue weighted by Gasteiger charge is 2.46. The molecule has 3 heterocycles. The normalized spacial score (nSPS) is 23.2.